The van der Waals surface area contributed by atoms with Crippen LogP contribution in [0.3, 0.4) is 0 Å². The number of hydrogen-bond donors (Lipinski definition) is 1. The van der Waals surface area contributed by atoms with Crippen molar-refractivity contribution in [3.63, 3.8) is 0 Å². The standard InChI is InChI=1S/C21H24N4O4/c26-19(24-14-12-23(13-15-24)18-8-4-5-11-22-18)9-10-20(27)25(16-21(28)29)17-6-2-1-3-7-17/h1-8,11H,9-10,12-16H2,(H,28,29). The Morgan fingerprint density at radius 1 is 0.931 bits per heavy atom. The summed E-state index contributed by atoms with van der Waals surface area (Å²) in [5.74, 6) is -0.678. The number of carboxylic acid groups (broad SMARTS) is 1. The number of rotatable bonds is 7. The summed E-state index contributed by atoms with van der Waals surface area (Å²) < 4.78 is 0. The number of benzene rings is 1. The van der Waals surface area contributed by atoms with Crippen LogP contribution in [0.15, 0.2) is 54.7 Å². The molecule has 152 valence electrons. The molecule has 8 heteroatoms. The van der Waals surface area contributed by atoms with E-state index in [0.717, 1.165) is 5.82 Å². The molecule has 0 unspecified atom stereocenters. The SMILES string of the molecule is O=C(O)CN(C(=O)CCC(=O)N1CCN(c2ccccn2)CC1)c1ccccc1. The molecule has 1 saturated heterocycles. The van der Waals surface area contributed by atoms with E-state index in [0.29, 0.717) is 31.9 Å². The third-order valence-electron chi connectivity index (χ3n) is 4.82. The number of anilines is 2. The van der Waals surface area contributed by atoms with E-state index in [9.17, 15) is 14.4 Å². The summed E-state index contributed by atoms with van der Waals surface area (Å²) in [6.45, 7) is 2.08. The number of amides is 2. The molecule has 1 aliphatic rings. The van der Waals surface area contributed by atoms with Gasteiger partial charge in [0, 0.05) is 50.9 Å². The van der Waals surface area contributed by atoms with Crippen molar-refractivity contribution < 1.29 is 19.5 Å². The Hall–Kier alpha value is -3.42. The molecule has 1 aromatic carbocycles. The van der Waals surface area contributed by atoms with Gasteiger partial charge in [0.15, 0.2) is 0 Å². The number of pyridine rings is 1. The van der Waals surface area contributed by atoms with Crippen LogP contribution in [0.4, 0.5) is 11.5 Å². The van der Waals surface area contributed by atoms with Crippen LogP contribution in [-0.2, 0) is 14.4 Å². The molecule has 0 aliphatic carbocycles. The van der Waals surface area contributed by atoms with Crippen molar-refractivity contribution in [2.45, 2.75) is 12.8 Å². The Labute approximate surface area is 169 Å². The van der Waals surface area contributed by atoms with Gasteiger partial charge < -0.3 is 19.8 Å². The van der Waals surface area contributed by atoms with E-state index >= 15 is 0 Å². The molecule has 0 saturated carbocycles. The Kier molecular flexibility index (Phi) is 6.78. The zero-order valence-corrected chi connectivity index (χ0v) is 16.1. The van der Waals surface area contributed by atoms with Crippen LogP contribution in [-0.4, -0.2) is 65.5 Å². The summed E-state index contributed by atoms with van der Waals surface area (Å²) in [7, 11) is 0. The zero-order valence-electron chi connectivity index (χ0n) is 16.1. The maximum absolute atomic E-state index is 12.6. The highest BCUT2D eigenvalue weighted by molar-refractivity contribution is 5.98. The summed E-state index contributed by atoms with van der Waals surface area (Å²) in [5.41, 5.74) is 0.510. The number of aromatic nitrogens is 1. The van der Waals surface area contributed by atoms with Crippen LogP contribution < -0.4 is 9.80 Å². The van der Waals surface area contributed by atoms with Crippen LogP contribution in [0.5, 0.6) is 0 Å². The van der Waals surface area contributed by atoms with Crippen molar-refractivity contribution in [2.24, 2.45) is 0 Å². The molecule has 1 N–H and O–H groups in total. The second-order valence-electron chi connectivity index (χ2n) is 6.76. The Morgan fingerprint density at radius 2 is 1.62 bits per heavy atom. The van der Waals surface area contributed by atoms with Crippen molar-refractivity contribution in [3.05, 3.63) is 54.7 Å². The van der Waals surface area contributed by atoms with Crippen LogP contribution in [0.1, 0.15) is 12.8 Å². The topological polar surface area (TPSA) is 94.0 Å². The number of piperazine rings is 1. The molecule has 1 fully saturated rings. The van der Waals surface area contributed by atoms with E-state index in [2.05, 4.69) is 9.88 Å². The first kappa shape index (κ1) is 20.3. The number of carbonyl (C=O) groups is 3. The number of aliphatic carboxylic acids is 1. The van der Waals surface area contributed by atoms with Gasteiger partial charge in [0.2, 0.25) is 11.8 Å². The van der Waals surface area contributed by atoms with Gasteiger partial charge in [0.05, 0.1) is 0 Å². The smallest absolute Gasteiger partial charge is 0.323 e. The van der Waals surface area contributed by atoms with Gasteiger partial charge in [0.25, 0.3) is 0 Å². The minimum absolute atomic E-state index is 0.0263. The second-order valence-corrected chi connectivity index (χ2v) is 6.76. The third kappa shape index (κ3) is 5.54. The fourth-order valence-electron chi connectivity index (χ4n) is 3.30. The molecular weight excluding hydrogens is 372 g/mol. The molecule has 8 nitrogen and oxygen atoms in total. The van der Waals surface area contributed by atoms with Gasteiger partial charge in [-0.2, -0.15) is 0 Å². The highest BCUT2D eigenvalue weighted by atomic mass is 16.4. The van der Waals surface area contributed by atoms with Crippen LogP contribution >= 0.6 is 0 Å². The van der Waals surface area contributed by atoms with E-state index in [-0.39, 0.29) is 24.7 Å². The molecular formula is C21H24N4O4. The molecule has 3 rings (SSSR count). The summed E-state index contributed by atoms with van der Waals surface area (Å²) in [6, 6.07) is 14.4. The van der Waals surface area contributed by atoms with Crippen molar-refractivity contribution in [1.29, 1.82) is 0 Å². The summed E-state index contributed by atoms with van der Waals surface area (Å²) in [5, 5.41) is 9.12. The van der Waals surface area contributed by atoms with E-state index in [1.165, 1.54) is 4.90 Å². The van der Waals surface area contributed by atoms with Crippen LogP contribution in [0.2, 0.25) is 0 Å². The molecule has 1 aromatic heterocycles. The first-order valence-electron chi connectivity index (χ1n) is 9.55. The number of carbonyl (C=O) groups excluding carboxylic acids is 2. The van der Waals surface area contributed by atoms with Crippen molar-refractivity contribution in [2.75, 3.05) is 42.5 Å². The number of carboxylic acids is 1. The molecule has 2 heterocycles. The maximum atomic E-state index is 12.6. The van der Waals surface area contributed by atoms with E-state index in [4.69, 9.17) is 5.11 Å². The quantitative estimate of drug-likeness (QED) is 0.765. The number of para-hydroxylation sites is 1. The maximum Gasteiger partial charge on any atom is 0.323 e. The van der Waals surface area contributed by atoms with Crippen LogP contribution in [0.25, 0.3) is 0 Å². The monoisotopic (exact) mass is 396 g/mol. The summed E-state index contributed by atoms with van der Waals surface area (Å²) >= 11 is 0. The lowest BCUT2D eigenvalue weighted by Crippen LogP contribution is -2.49. The molecule has 1 aliphatic heterocycles. The average molecular weight is 396 g/mol. The minimum atomic E-state index is -1.10. The van der Waals surface area contributed by atoms with Crippen molar-refractivity contribution >= 4 is 29.3 Å². The molecule has 2 aromatic rings. The van der Waals surface area contributed by atoms with Gasteiger partial charge in [-0.15, -0.1) is 0 Å². The van der Waals surface area contributed by atoms with Crippen LogP contribution in [0, 0.1) is 0 Å². The molecule has 29 heavy (non-hydrogen) atoms. The molecule has 0 spiro atoms. The predicted octanol–water partition coefficient (Wildman–Crippen LogP) is 1.63. The number of hydrogen-bond acceptors (Lipinski definition) is 5. The molecule has 0 bridgehead atoms. The highest BCUT2D eigenvalue weighted by Gasteiger charge is 2.24. The van der Waals surface area contributed by atoms with Gasteiger partial charge in [-0.1, -0.05) is 24.3 Å². The van der Waals surface area contributed by atoms with Crippen molar-refractivity contribution in [1.82, 2.24) is 9.88 Å². The van der Waals surface area contributed by atoms with Crippen molar-refractivity contribution in [3.8, 4) is 0 Å². The largest absolute Gasteiger partial charge is 0.480 e. The zero-order chi connectivity index (χ0) is 20.6. The van der Waals surface area contributed by atoms with Gasteiger partial charge in [-0.05, 0) is 24.3 Å². The fraction of sp³-hybridized carbons (Fsp3) is 0.333. The lowest BCUT2D eigenvalue weighted by atomic mass is 10.2. The lowest BCUT2D eigenvalue weighted by molar-refractivity contribution is -0.136. The first-order chi connectivity index (χ1) is 14.0. The second kappa shape index (κ2) is 9.68. The van der Waals surface area contributed by atoms with E-state index < -0.39 is 12.5 Å². The Balaban J connectivity index is 1.51. The fourth-order valence-corrected chi connectivity index (χ4v) is 3.30. The Bertz CT molecular complexity index is 836. The minimum Gasteiger partial charge on any atom is -0.480 e. The van der Waals surface area contributed by atoms with E-state index in [1.54, 1.807) is 41.4 Å². The average Bonchev–Trinajstić information content (AvgIpc) is 2.77. The molecule has 2 amide bonds. The lowest BCUT2D eigenvalue weighted by Gasteiger charge is -2.35. The third-order valence-corrected chi connectivity index (χ3v) is 4.82. The normalized spacial score (nSPS) is 13.8. The van der Waals surface area contributed by atoms with Gasteiger partial charge in [-0.25, -0.2) is 4.98 Å². The van der Waals surface area contributed by atoms with E-state index in [1.807, 2.05) is 18.2 Å². The summed E-state index contributed by atoms with van der Waals surface area (Å²) in [6.07, 6.45) is 1.78. The Morgan fingerprint density at radius 3 is 2.24 bits per heavy atom. The highest BCUT2D eigenvalue weighted by Crippen LogP contribution is 2.16. The number of nitrogens with zero attached hydrogens (tertiary/aromatic N) is 4. The predicted molar refractivity (Wildman–Crippen MR) is 109 cm³/mol. The first-order valence-corrected chi connectivity index (χ1v) is 9.55. The van der Waals surface area contributed by atoms with Gasteiger partial charge in [0.1, 0.15) is 12.4 Å². The molecule has 0 atom stereocenters. The van der Waals surface area contributed by atoms with Gasteiger partial charge >= 0.3 is 5.97 Å². The summed E-state index contributed by atoms with van der Waals surface area (Å²) in [4.78, 5) is 45.7. The van der Waals surface area contributed by atoms with Gasteiger partial charge in [-0.3, -0.25) is 14.4 Å². The molecule has 0 radical (unpaired) electrons.